The molecule has 7 nitrogen and oxygen atoms in total. The van der Waals surface area contributed by atoms with Gasteiger partial charge in [0.2, 0.25) is 11.0 Å². The smallest absolute Gasteiger partial charge is 0.234 e. The van der Waals surface area contributed by atoms with Gasteiger partial charge >= 0.3 is 0 Å². The van der Waals surface area contributed by atoms with E-state index in [4.69, 9.17) is 0 Å². The van der Waals surface area contributed by atoms with Crippen LogP contribution in [-0.4, -0.2) is 43.1 Å². The molecule has 0 spiro atoms. The highest BCUT2D eigenvalue weighted by molar-refractivity contribution is 8.01. The number of nitrogens with zero attached hydrogens (tertiary/aromatic N) is 2. The van der Waals surface area contributed by atoms with Gasteiger partial charge in [-0.3, -0.25) is 4.79 Å². The number of nitrogens with one attached hydrogen (secondary N) is 2. The zero-order chi connectivity index (χ0) is 17.6. The van der Waals surface area contributed by atoms with Gasteiger partial charge in [0.25, 0.3) is 0 Å². The van der Waals surface area contributed by atoms with Crippen LogP contribution in [0.2, 0.25) is 0 Å². The van der Waals surface area contributed by atoms with E-state index in [1.165, 1.54) is 35.2 Å². The zero-order valence-electron chi connectivity index (χ0n) is 13.3. The topological polar surface area (TPSA) is 101 Å². The van der Waals surface area contributed by atoms with E-state index < -0.39 is 9.84 Å². The predicted octanol–water partition coefficient (Wildman–Crippen LogP) is 2.49. The van der Waals surface area contributed by atoms with E-state index >= 15 is 0 Å². The lowest BCUT2D eigenvalue weighted by molar-refractivity contribution is -0.113. The number of sulfone groups is 1. The number of amides is 1. The van der Waals surface area contributed by atoms with Gasteiger partial charge in [-0.15, -0.1) is 10.2 Å². The molecule has 130 valence electrons. The van der Waals surface area contributed by atoms with E-state index in [1.54, 1.807) is 12.1 Å². The number of rotatable bonds is 8. The van der Waals surface area contributed by atoms with Crippen LogP contribution in [0.4, 0.5) is 10.8 Å². The second-order valence-electron chi connectivity index (χ2n) is 4.94. The van der Waals surface area contributed by atoms with Crippen molar-refractivity contribution in [1.82, 2.24) is 10.2 Å². The van der Waals surface area contributed by atoms with Crippen molar-refractivity contribution in [3.63, 3.8) is 0 Å². The van der Waals surface area contributed by atoms with Gasteiger partial charge in [0, 0.05) is 18.5 Å². The molecule has 0 saturated carbocycles. The molecule has 2 N–H and O–H groups in total. The average molecular weight is 387 g/mol. The zero-order valence-corrected chi connectivity index (χ0v) is 15.7. The minimum absolute atomic E-state index is 0.170. The molecule has 0 saturated heterocycles. The summed E-state index contributed by atoms with van der Waals surface area (Å²) in [6.45, 7) is 2.89. The summed E-state index contributed by atoms with van der Waals surface area (Å²) in [5, 5.41) is 14.6. The first kappa shape index (κ1) is 18.7. The molecule has 1 aromatic heterocycles. The van der Waals surface area contributed by atoms with Crippen LogP contribution in [0.25, 0.3) is 0 Å². The fraction of sp³-hybridized carbons (Fsp3) is 0.357. The van der Waals surface area contributed by atoms with Crippen molar-refractivity contribution in [2.45, 2.75) is 22.6 Å². The Morgan fingerprint density at radius 3 is 2.83 bits per heavy atom. The summed E-state index contributed by atoms with van der Waals surface area (Å²) in [6.07, 6.45) is 2.13. The van der Waals surface area contributed by atoms with Crippen LogP contribution in [0.15, 0.2) is 33.5 Å². The minimum Gasteiger partial charge on any atom is -0.360 e. The summed E-state index contributed by atoms with van der Waals surface area (Å²) >= 11 is 2.68. The molecule has 0 bridgehead atoms. The molecule has 0 unspecified atom stereocenters. The van der Waals surface area contributed by atoms with E-state index in [2.05, 4.69) is 27.8 Å². The van der Waals surface area contributed by atoms with Crippen LogP contribution in [0.3, 0.4) is 0 Å². The van der Waals surface area contributed by atoms with Crippen molar-refractivity contribution in [2.75, 3.05) is 29.2 Å². The number of thioether (sulfide) groups is 1. The number of hydrogen-bond acceptors (Lipinski definition) is 8. The van der Waals surface area contributed by atoms with E-state index in [-0.39, 0.29) is 16.6 Å². The quantitative estimate of drug-likeness (QED) is 0.672. The first-order chi connectivity index (χ1) is 11.4. The van der Waals surface area contributed by atoms with Gasteiger partial charge in [-0.05, 0) is 24.6 Å². The highest BCUT2D eigenvalue weighted by atomic mass is 32.2. The van der Waals surface area contributed by atoms with Gasteiger partial charge in [-0.25, -0.2) is 8.42 Å². The molecule has 24 heavy (non-hydrogen) atoms. The maximum absolute atomic E-state index is 12.0. The van der Waals surface area contributed by atoms with Gasteiger partial charge < -0.3 is 10.6 Å². The minimum atomic E-state index is -3.30. The number of carbonyl (C=O) groups is 1. The molecule has 0 aliphatic carbocycles. The van der Waals surface area contributed by atoms with Crippen molar-refractivity contribution in [3.8, 4) is 0 Å². The molecule has 1 amide bonds. The molecule has 1 heterocycles. The summed E-state index contributed by atoms with van der Waals surface area (Å²) in [5.74, 6) is -0.0603. The van der Waals surface area contributed by atoms with Crippen LogP contribution < -0.4 is 10.6 Å². The fourth-order valence-electron chi connectivity index (χ4n) is 1.70. The van der Waals surface area contributed by atoms with Gasteiger partial charge in [-0.2, -0.15) is 0 Å². The lowest BCUT2D eigenvalue weighted by Gasteiger charge is -2.06. The number of hydrogen-bond donors (Lipinski definition) is 2. The second kappa shape index (κ2) is 8.45. The predicted molar refractivity (Wildman–Crippen MR) is 97.6 cm³/mol. The van der Waals surface area contributed by atoms with E-state index in [0.29, 0.717) is 10.0 Å². The largest absolute Gasteiger partial charge is 0.360 e. The van der Waals surface area contributed by atoms with Gasteiger partial charge in [0.15, 0.2) is 14.2 Å². The Morgan fingerprint density at radius 1 is 1.33 bits per heavy atom. The van der Waals surface area contributed by atoms with Crippen LogP contribution in [-0.2, 0) is 14.6 Å². The summed E-state index contributed by atoms with van der Waals surface area (Å²) in [4.78, 5) is 12.2. The second-order valence-corrected chi connectivity index (χ2v) is 9.15. The standard InChI is InChI=1S/C14H18N4O3S3/c1-3-7-15-13-17-18-14(23-13)22-9-12(19)16-10-5-4-6-11(8-10)24(2,20)21/h4-6,8H,3,7,9H2,1-2H3,(H,15,17)(H,16,19). The third kappa shape index (κ3) is 5.77. The Labute approximate surface area is 149 Å². The summed E-state index contributed by atoms with van der Waals surface area (Å²) in [5.41, 5.74) is 0.450. The third-order valence-electron chi connectivity index (χ3n) is 2.81. The lowest BCUT2D eigenvalue weighted by Crippen LogP contribution is -2.14. The summed E-state index contributed by atoms with van der Waals surface area (Å²) in [6, 6.07) is 6.17. The normalized spacial score (nSPS) is 11.2. The highest BCUT2D eigenvalue weighted by Crippen LogP contribution is 2.25. The Hall–Kier alpha value is -1.65. The molecule has 0 fully saturated rings. The van der Waals surface area contributed by atoms with Crippen LogP contribution in [0, 0.1) is 0 Å². The Balaban J connectivity index is 1.88. The molecule has 0 atom stereocenters. The molecule has 1 aromatic carbocycles. The number of anilines is 2. The van der Waals surface area contributed by atoms with Crippen molar-refractivity contribution in [2.24, 2.45) is 0 Å². The molecular weight excluding hydrogens is 368 g/mol. The molecule has 0 aliphatic rings. The number of benzene rings is 1. The van der Waals surface area contributed by atoms with E-state index in [9.17, 15) is 13.2 Å². The SMILES string of the molecule is CCCNc1nnc(SCC(=O)Nc2cccc(S(C)(=O)=O)c2)s1. The van der Waals surface area contributed by atoms with Crippen LogP contribution >= 0.6 is 23.1 Å². The Morgan fingerprint density at radius 2 is 2.12 bits per heavy atom. The van der Waals surface area contributed by atoms with Gasteiger partial charge in [0.1, 0.15) is 0 Å². The first-order valence-corrected chi connectivity index (χ1v) is 10.9. The van der Waals surface area contributed by atoms with Crippen LogP contribution in [0.1, 0.15) is 13.3 Å². The molecule has 2 rings (SSSR count). The molecule has 2 aromatic rings. The lowest BCUT2D eigenvalue weighted by atomic mass is 10.3. The Kier molecular flexibility index (Phi) is 6.58. The van der Waals surface area contributed by atoms with Crippen molar-refractivity contribution in [3.05, 3.63) is 24.3 Å². The molecule has 0 radical (unpaired) electrons. The first-order valence-electron chi connectivity index (χ1n) is 7.18. The van der Waals surface area contributed by atoms with Gasteiger partial charge in [-0.1, -0.05) is 36.1 Å². The highest BCUT2D eigenvalue weighted by Gasteiger charge is 2.11. The van der Waals surface area contributed by atoms with E-state index in [1.807, 2.05) is 0 Å². The molecule has 10 heteroatoms. The van der Waals surface area contributed by atoms with E-state index in [0.717, 1.165) is 24.4 Å². The van der Waals surface area contributed by atoms with Crippen LogP contribution in [0.5, 0.6) is 0 Å². The van der Waals surface area contributed by atoms with Gasteiger partial charge in [0.05, 0.1) is 10.6 Å². The summed E-state index contributed by atoms with van der Waals surface area (Å²) < 4.78 is 23.7. The fourth-order valence-corrected chi connectivity index (χ4v) is 3.94. The molecule has 0 aliphatic heterocycles. The monoisotopic (exact) mass is 386 g/mol. The third-order valence-corrected chi connectivity index (χ3v) is 5.93. The Bertz CT molecular complexity index is 805. The van der Waals surface area contributed by atoms with Crippen molar-refractivity contribution in [1.29, 1.82) is 0 Å². The summed E-state index contributed by atoms with van der Waals surface area (Å²) in [7, 11) is -3.30. The maximum atomic E-state index is 12.0. The maximum Gasteiger partial charge on any atom is 0.234 e. The molecular formula is C14H18N4O3S3. The van der Waals surface area contributed by atoms with Crippen molar-refractivity contribution < 1.29 is 13.2 Å². The number of aromatic nitrogens is 2. The average Bonchev–Trinajstić information content (AvgIpc) is 2.98. The number of carbonyl (C=O) groups excluding carboxylic acids is 1. The van der Waals surface area contributed by atoms with Crippen molar-refractivity contribution >= 4 is 49.7 Å².